The molecule has 0 fully saturated rings. The number of phenolic OH excluding ortho intramolecular Hbond substituents is 2. The second-order valence-electron chi connectivity index (χ2n) is 2.77. The topological polar surface area (TPSA) is 40.5 Å². The van der Waals surface area contributed by atoms with Gasteiger partial charge in [-0.3, -0.25) is 0 Å². The number of hydrogen-bond acceptors (Lipinski definition) is 3. The van der Waals surface area contributed by atoms with Gasteiger partial charge in [-0.05, 0) is 35.6 Å². The Morgan fingerprint density at radius 3 is 2.62 bits per heavy atom. The van der Waals surface area contributed by atoms with Crippen LogP contribution in [0.3, 0.4) is 0 Å². The molecule has 0 heterocycles. The Hall–Kier alpha value is -0.830. The van der Waals surface area contributed by atoms with Gasteiger partial charge in [0.25, 0.3) is 0 Å². The number of hydrogen-bond donors (Lipinski definition) is 2. The zero-order valence-electron chi connectivity index (χ0n) is 7.66. The molecule has 0 amide bonds. The first-order valence-electron chi connectivity index (χ1n) is 4.32. The average molecular weight is 198 g/mol. The second-order valence-corrected chi connectivity index (χ2v) is 4.16. The molecule has 0 spiro atoms. The van der Waals surface area contributed by atoms with Crippen LogP contribution in [-0.2, 0) is 6.42 Å². The largest absolute Gasteiger partial charge is 0.504 e. The van der Waals surface area contributed by atoms with E-state index in [-0.39, 0.29) is 11.5 Å². The molecule has 1 rings (SSSR count). The van der Waals surface area contributed by atoms with Gasteiger partial charge in [0.2, 0.25) is 0 Å². The van der Waals surface area contributed by atoms with Gasteiger partial charge in [-0.15, -0.1) is 0 Å². The Labute approximate surface area is 82.6 Å². The zero-order chi connectivity index (χ0) is 9.68. The molecule has 0 bridgehead atoms. The van der Waals surface area contributed by atoms with Gasteiger partial charge in [0.1, 0.15) is 0 Å². The number of thioether (sulfide) groups is 1. The Balaban J connectivity index is 2.53. The van der Waals surface area contributed by atoms with Crippen LogP contribution in [0.4, 0.5) is 0 Å². The van der Waals surface area contributed by atoms with Crippen molar-refractivity contribution in [1.82, 2.24) is 0 Å². The predicted octanol–water partition coefficient (Wildman–Crippen LogP) is 2.39. The van der Waals surface area contributed by atoms with E-state index in [1.54, 1.807) is 6.07 Å². The minimum absolute atomic E-state index is 0.0287. The third-order valence-corrected chi connectivity index (χ3v) is 2.68. The molecule has 0 aliphatic carbocycles. The third-order valence-electron chi connectivity index (χ3n) is 1.78. The highest BCUT2D eigenvalue weighted by Gasteiger charge is 1.99. The van der Waals surface area contributed by atoms with Crippen molar-refractivity contribution in [2.75, 3.05) is 11.5 Å². The lowest BCUT2D eigenvalue weighted by atomic mass is 10.1. The van der Waals surface area contributed by atoms with Crippen LogP contribution in [0, 0.1) is 0 Å². The van der Waals surface area contributed by atoms with Crippen LogP contribution >= 0.6 is 11.8 Å². The molecule has 0 aliphatic heterocycles. The molecular weight excluding hydrogens is 184 g/mol. The fraction of sp³-hybridized carbons (Fsp3) is 0.400. The van der Waals surface area contributed by atoms with Gasteiger partial charge < -0.3 is 10.2 Å². The molecule has 2 N–H and O–H groups in total. The van der Waals surface area contributed by atoms with Crippen LogP contribution in [0.1, 0.15) is 12.5 Å². The first-order valence-corrected chi connectivity index (χ1v) is 5.48. The van der Waals surface area contributed by atoms with Crippen LogP contribution in [0.25, 0.3) is 0 Å². The summed E-state index contributed by atoms with van der Waals surface area (Å²) < 4.78 is 0. The first kappa shape index (κ1) is 10.3. The van der Waals surface area contributed by atoms with Crippen molar-refractivity contribution in [1.29, 1.82) is 0 Å². The lowest BCUT2D eigenvalue weighted by molar-refractivity contribution is 0.403. The van der Waals surface area contributed by atoms with E-state index >= 15 is 0 Å². The van der Waals surface area contributed by atoms with E-state index in [1.165, 1.54) is 6.07 Å². The first-order chi connectivity index (χ1) is 6.24. The number of benzene rings is 1. The Bertz CT molecular complexity index is 274. The molecule has 0 radical (unpaired) electrons. The number of rotatable bonds is 4. The number of aromatic hydroxyl groups is 2. The maximum absolute atomic E-state index is 9.20. The molecule has 2 nitrogen and oxygen atoms in total. The van der Waals surface area contributed by atoms with Gasteiger partial charge in [0.05, 0.1) is 0 Å². The Morgan fingerprint density at radius 1 is 1.23 bits per heavy atom. The summed E-state index contributed by atoms with van der Waals surface area (Å²) in [6.45, 7) is 2.12. The number of aryl methyl sites for hydroxylation is 1. The summed E-state index contributed by atoms with van der Waals surface area (Å²) in [6.07, 6.45) is 0.937. The highest BCUT2D eigenvalue weighted by Crippen LogP contribution is 2.25. The van der Waals surface area contributed by atoms with Crippen LogP contribution < -0.4 is 0 Å². The monoisotopic (exact) mass is 198 g/mol. The predicted molar refractivity (Wildman–Crippen MR) is 56.5 cm³/mol. The molecule has 0 aliphatic rings. The summed E-state index contributed by atoms with van der Waals surface area (Å²) >= 11 is 1.87. The van der Waals surface area contributed by atoms with Crippen LogP contribution in [0.2, 0.25) is 0 Å². The average Bonchev–Trinajstić information content (AvgIpc) is 2.12. The molecular formula is C10H14O2S. The molecule has 0 saturated heterocycles. The molecule has 0 unspecified atom stereocenters. The van der Waals surface area contributed by atoms with E-state index in [1.807, 2.05) is 17.8 Å². The molecule has 1 aromatic rings. The lowest BCUT2D eigenvalue weighted by Gasteiger charge is -2.02. The van der Waals surface area contributed by atoms with Gasteiger partial charge >= 0.3 is 0 Å². The molecule has 1 aromatic carbocycles. The molecule has 0 saturated carbocycles. The highest BCUT2D eigenvalue weighted by molar-refractivity contribution is 7.99. The van der Waals surface area contributed by atoms with Crippen LogP contribution in [0.5, 0.6) is 11.5 Å². The summed E-state index contributed by atoms with van der Waals surface area (Å²) in [7, 11) is 0. The number of phenols is 2. The van der Waals surface area contributed by atoms with Crippen molar-refractivity contribution in [3.63, 3.8) is 0 Å². The Morgan fingerprint density at radius 2 is 2.00 bits per heavy atom. The summed E-state index contributed by atoms with van der Waals surface area (Å²) in [4.78, 5) is 0. The van der Waals surface area contributed by atoms with Crippen molar-refractivity contribution in [2.24, 2.45) is 0 Å². The fourth-order valence-electron chi connectivity index (χ4n) is 1.06. The standard InChI is InChI=1S/C10H14O2S/c1-2-13-6-5-8-3-4-9(11)10(12)7-8/h3-4,7,11-12H,2,5-6H2,1H3. The third kappa shape index (κ3) is 3.19. The summed E-state index contributed by atoms with van der Waals surface area (Å²) in [5.74, 6) is 2.09. The highest BCUT2D eigenvalue weighted by atomic mass is 32.2. The Kier molecular flexibility index (Phi) is 3.96. The van der Waals surface area contributed by atoms with Gasteiger partial charge in [0, 0.05) is 0 Å². The molecule has 0 atom stereocenters. The van der Waals surface area contributed by atoms with Crippen molar-refractivity contribution >= 4 is 11.8 Å². The molecule has 0 aromatic heterocycles. The van der Waals surface area contributed by atoms with Crippen molar-refractivity contribution in [3.8, 4) is 11.5 Å². The maximum atomic E-state index is 9.20. The van der Waals surface area contributed by atoms with Crippen LogP contribution in [0.15, 0.2) is 18.2 Å². The van der Waals surface area contributed by atoms with E-state index in [4.69, 9.17) is 5.11 Å². The van der Waals surface area contributed by atoms with Crippen molar-refractivity contribution in [2.45, 2.75) is 13.3 Å². The van der Waals surface area contributed by atoms with Gasteiger partial charge in [-0.1, -0.05) is 13.0 Å². The quantitative estimate of drug-likeness (QED) is 0.576. The van der Waals surface area contributed by atoms with E-state index in [0.717, 1.165) is 23.5 Å². The van der Waals surface area contributed by atoms with E-state index < -0.39 is 0 Å². The molecule has 72 valence electrons. The van der Waals surface area contributed by atoms with Gasteiger partial charge in [-0.2, -0.15) is 11.8 Å². The van der Waals surface area contributed by atoms with Crippen molar-refractivity contribution in [3.05, 3.63) is 23.8 Å². The molecule has 13 heavy (non-hydrogen) atoms. The summed E-state index contributed by atoms with van der Waals surface area (Å²) in [6, 6.07) is 4.98. The van der Waals surface area contributed by atoms with Gasteiger partial charge in [-0.25, -0.2) is 0 Å². The fourth-order valence-corrected chi connectivity index (χ4v) is 1.73. The minimum Gasteiger partial charge on any atom is -0.504 e. The van der Waals surface area contributed by atoms with E-state index in [0.29, 0.717) is 0 Å². The second kappa shape index (κ2) is 5.02. The SMILES string of the molecule is CCSCCc1ccc(O)c(O)c1. The van der Waals surface area contributed by atoms with E-state index in [2.05, 4.69) is 6.92 Å². The minimum atomic E-state index is -0.0492. The summed E-state index contributed by atoms with van der Waals surface area (Å²) in [5.41, 5.74) is 1.07. The van der Waals surface area contributed by atoms with Crippen molar-refractivity contribution < 1.29 is 10.2 Å². The molecule has 3 heteroatoms. The normalized spacial score (nSPS) is 10.2. The smallest absolute Gasteiger partial charge is 0.157 e. The lowest BCUT2D eigenvalue weighted by Crippen LogP contribution is -1.88. The maximum Gasteiger partial charge on any atom is 0.157 e. The van der Waals surface area contributed by atoms with E-state index in [9.17, 15) is 5.11 Å². The summed E-state index contributed by atoms with van der Waals surface area (Å²) in [5, 5.41) is 18.3. The zero-order valence-corrected chi connectivity index (χ0v) is 8.47. The van der Waals surface area contributed by atoms with Crippen LogP contribution in [-0.4, -0.2) is 21.7 Å². The van der Waals surface area contributed by atoms with Gasteiger partial charge in [0.15, 0.2) is 11.5 Å².